The molecule has 2 aliphatic heterocycles. The SMILES string of the molecule is O=C(c1ccccc1C(F)(F)F)C1CC2CCCC(C1)N2C(=O)OCc1ccccc1. The highest BCUT2D eigenvalue weighted by atomic mass is 19.4. The minimum Gasteiger partial charge on any atom is -0.445 e. The monoisotopic (exact) mass is 431 g/mol. The van der Waals surface area contributed by atoms with Crippen LogP contribution in [0.3, 0.4) is 0 Å². The molecule has 1 amide bonds. The summed E-state index contributed by atoms with van der Waals surface area (Å²) in [5.74, 6) is -1.01. The van der Waals surface area contributed by atoms with E-state index < -0.39 is 29.5 Å². The molecule has 0 radical (unpaired) electrons. The van der Waals surface area contributed by atoms with E-state index in [0.717, 1.165) is 30.9 Å². The molecular weight excluding hydrogens is 407 g/mol. The number of ether oxygens (including phenoxy) is 1. The molecule has 2 saturated heterocycles. The summed E-state index contributed by atoms with van der Waals surface area (Å²) in [5.41, 5.74) is -0.289. The molecule has 2 aliphatic rings. The van der Waals surface area contributed by atoms with Crippen LogP contribution in [0, 0.1) is 5.92 Å². The smallest absolute Gasteiger partial charge is 0.417 e. The van der Waals surface area contributed by atoms with E-state index >= 15 is 0 Å². The third-order valence-electron chi connectivity index (χ3n) is 6.26. The Morgan fingerprint density at radius 2 is 1.55 bits per heavy atom. The second-order valence-corrected chi connectivity index (χ2v) is 8.26. The number of carbonyl (C=O) groups excluding carboxylic acids is 2. The summed E-state index contributed by atoms with van der Waals surface area (Å²) in [4.78, 5) is 27.6. The molecule has 164 valence electrons. The van der Waals surface area contributed by atoms with Crippen LogP contribution in [-0.4, -0.2) is 28.9 Å². The number of alkyl halides is 3. The first-order valence-electron chi connectivity index (χ1n) is 10.5. The number of fused-ring (bicyclic) bond motifs is 2. The van der Waals surface area contributed by atoms with E-state index in [1.165, 1.54) is 18.2 Å². The number of hydrogen-bond acceptors (Lipinski definition) is 3. The lowest BCUT2D eigenvalue weighted by molar-refractivity contribution is -0.138. The lowest BCUT2D eigenvalue weighted by Gasteiger charge is -2.47. The normalized spacial score (nSPS) is 23.3. The van der Waals surface area contributed by atoms with Gasteiger partial charge in [-0.15, -0.1) is 0 Å². The van der Waals surface area contributed by atoms with Crippen molar-refractivity contribution < 1.29 is 27.5 Å². The van der Waals surface area contributed by atoms with Gasteiger partial charge in [0.25, 0.3) is 0 Å². The number of Topliss-reactive ketones (excluding diaryl/α,β-unsaturated/α-hetero) is 1. The van der Waals surface area contributed by atoms with Gasteiger partial charge in [0.2, 0.25) is 0 Å². The fourth-order valence-electron chi connectivity index (χ4n) is 4.85. The van der Waals surface area contributed by atoms with E-state index in [4.69, 9.17) is 4.74 Å². The molecule has 0 spiro atoms. The van der Waals surface area contributed by atoms with Crippen molar-refractivity contribution in [1.82, 2.24) is 4.90 Å². The van der Waals surface area contributed by atoms with Crippen molar-refractivity contribution in [2.24, 2.45) is 5.92 Å². The van der Waals surface area contributed by atoms with Crippen LogP contribution < -0.4 is 0 Å². The van der Waals surface area contributed by atoms with Crippen molar-refractivity contribution in [2.45, 2.75) is 57.0 Å². The van der Waals surface area contributed by atoms with Crippen molar-refractivity contribution in [3.8, 4) is 0 Å². The predicted molar refractivity (Wildman–Crippen MR) is 108 cm³/mol. The number of amides is 1. The van der Waals surface area contributed by atoms with E-state index in [2.05, 4.69) is 0 Å². The van der Waals surface area contributed by atoms with Crippen molar-refractivity contribution >= 4 is 11.9 Å². The second kappa shape index (κ2) is 8.73. The third kappa shape index (κ3) is 4.60. The molecule has 7 heteroatoms. The quantitative estimate of drug-likeness (QED) is 0.570. The van der Waals surface area contributed by atoms with Gasteiger partial charge in [-0.25, -0.2) is 4.79 Å². The Morgan fingerprint density at radius 1 is 0.935 bits per heavy atom. The summed E-state index contributed by atoms with van der Waals surface area (Å²) in [6, 6.07) is 13.9. The Kier molecular flexibility index (Phi) is 6.03. The fraction of sp³-hybridized carbons (Fsp3) is 0.417. The van der Waals surface area contributed by atoms with Crippen molar-refractivity contribution in [1.29, 1.82) is 0 Å². The molecule has 2 unspecified atom stereocenters. The molecule has 4 rings (SSSR count). The molecule has 2 fully saturated rings. The van der Waals surface area contributed by atoms with Gasteiger partial charge in [0, 0.05) is 23.6 Å². The number of carbonyl (C=O) groups is 2. The molecule has 4 nitrogen and oxygen atoms in total. The molecule has 2 bridgehead atoms. The summed E-state index contributed by atoms with van der Waals surface area (Å²) in [6.07, 6.45) is -1.89. The highest BCUT2D eigenvalue weighted by molar-refractivity contribution is 5.99. The van der Waals surface area contributed by atoms with Crippen molar-refractivity contribution in [3.05, 3.63) is 71.3 Å². The number of benzene rings is 2. The molecule has 2 heterocycles. The van der Waals surface area contributed by atoms with Crippen LogP contribution in [0.5, 0.6) is 0 Å². The van der Waals surface area contributed by atoms with Crippen molar-refractivity contribution in [2.75, 3.05) is 0 Å². The van der Waals surface area contributed by atoms with Crippen LogP contribution in [0.25, 0.3) is 0 Å². The summed E-state index contributed by atoms with van der Waals surface area (Å²) in [5, 5.41) is 0. The first-order valence-corrected chi connectivity index (χ1v) is 10.5. The first-order chi connectivity index (χ1) is 14.8. The third-order valence-corrected chi connectivity index (χ3v) is 6.26. The number of ketones is 1. The molecule has 0 aliphatic carbocycles. The molecule has 0 N–H and O–H groups in total. The lowest BCUT2D eigenvalue weighted by atomic mass is 9.75. The van der Waals surface area contributed by atoms with Gasteiger partial charge in [-0.1, -0.05) is 48.5 Å². The number of piperidine rings is 2. The number of nitrogens with zero attached hydrogens (tertiary/aromatic N) is 1. The van der Waals surface area contributed by atoms with Gasteiger partial charge in [0.05, 0.1) is 5.56 Å². The predicted octanol–water partition coefficient (Wildman–Crippen LogP) is 5.86. The van der Waals surface area contributed by atoms with E-state index in [0.29, 0.717) is 12.8 Å². The van der Waals surface area contributed by atoms with Gasteiger partial charge < -0.3 is 9.64 Å². The Hall–Kier alpha value is -2.83. The molecule has 31 heavy (non-hydrogen) atoms. The van der Waals surface area contributed by atoms with Crippen LogP contribution in [0.2, 0.25) is 0 Å². The van der Waals surface area contributed by atoms with Gasteiger partial charge in [0.15, 0.2) is 5.78 Å². The number of halogens is 3. The van der Waals surface area contributed by atoms with Gasteiger partial charge in [0.1, 0.15) is 6.61 Å². The molecular formula is C24H24F3NO3. The van der Waals surface area contributed by atoms with Crippen LogP contribution >= 0.6 is 0 Å². The molecule has 0 saturated carbocycles. The topological polar surface area (TPSA) is 46.6 Å². The van der Waals surface area contributed by atoms with E-state index in [-0.39, 0.29) is 24.3 Å². The lowest BCUT2D eigenvalue weighted by Crippen LogP contribution is -2.55. The van der Waals surface area contributed by atoms with Gasteiger partial charge in [-0.05, 0) is 43.7 Å². The summed E-state index contributed by atoms with van der Waals surface area (Å²) in [7, 11) is 0. The average molecular weight is 431 g/mol. The molecule has 2 aromatic rings. The largest absolute Gasteiger partial charge is 0.445 e. The Bertz CT molecular complexity index is 931. The summed E-state index contributed by atoms with van der Waals surface area (Å²) in [6.45, 7) is 0.164. The van der Waals surface area contributed by atoms with E-state index in [1.807, 2.05) is 30.3 Å². The van der Waals surface area contributed by atoms with Gasteiger partial charge >= 0.3 is 12.3 Å². The van der Waals surface area contributed by atoms with Crippen LogP contribution in [0.4, 0.5) is 18.0 Å². The molecule has 0 aromatic heterocycles. The Morgan fingerprint density at radius 3 is 2.19 bits per heavy atom. The first kappa shape index (κ1) is 21.4. The molecule has 2 aromatic carbocycles. The zero-order valence-corrected chi connectivity index (χ0v) is 17.0. The highest BCUT2D eigenvalue weighted by Gasteiger charge is 2.45. The highest BCUT2D eigenvalue weighted by Crippen LogP contribution is 2.40. The van der Waals surface area contributed by atoms with Crippen LogP contribution in [0.1, 0.15) is 53.6 Å². The number of hydrogen-bond donors (Lipinski definition) is 0. The second-order valence-electron chi connectivity index (χ2n) is 8.26. The minimum atomic E-state index is -4.58. The average Bonchev–Trinajstić information content (AvgIpc) is 2.76. The van der Waals surface area contributed by atoms with Gasteiger partial charge in [-0.2, -0.15) is 13.2 Å². The van der Waals surface area contributed by atoms with Gasteiger partial charge in [-0.3, -0.25) is 4.79 Å². The zero-order valence-electron chi connectivity index (χ0n) is 17.0. The maximum atomic E-state index is 13.4. The standard InChI is InChI=1S/C24H24F3NO3/c25-24(26,27)21-12-5-4-11-20(21)22(29)17-13-18-9-6-10-19(14-17)28(18)23(30)31-15-16-7-2-1-3-8-16/h1-5,7-8,11-12,17-19H,6,9-10,13-15H2. The van der Waals surface area contributed by atoms with Crippen molar-refractivity contribution in [3.63, 3.8) is 0 Å². The minimum absolute atomic E-state index is 0.164. The number of rotatable bonds is 4. The fourth-order valence-corrected chi connectivity index (χ4v) is 4.85. The zero-order chi connectivity index (χ0) is 22.0. The molecule has 2 atom stereocenters. The summed E-state index contributed by atoms with van der Waals surface area (Å²) >= 11 is 0. The Labute approximate surface area is 179 Å². The van der Waals surface area contributed by atoms with E-state index in [9.17, 15) is 22.8 Å². The maximum Gasteiger partial charge on any atom is 0.417 e. The maximum absolute atomic E-state index is 13.4. The summed E-state index contributed by atoms with van der Waals surface area (Å²) < 4.78 is 45.6. The Balaban J connectivity index is 1.47. The van der Waals surface area contributed by atoms with E-state index in [1.54, 1.807) is 4.90 Å². The van der Waals surface area contributed by atoms with Crippen LogP contribution in [0.15, 0.2) is 54.6 Å². The van der Waals surface area contributed by atoms with Crippen LogP contribution in [-0.2, 0) is 17.5 Å².